The summed E-state index contributed by atoms with van der Waals surface area (Å²) in [6, 6.07) is 11.2. The van der Waals surface area contributed by atoms with E-state index in [4.69, 9.17) is 4.74 Å². The molecule has 4 nitrogen and oxygen atoms in total. The summed E-state index contributed by atoms with van der Waals surface area (Å²) in [5.41, 5.74) is 0.861. The Kier molecular flexibility index (Phi) is 5.92. The Hall–Kier alpha value is -1.55. The fourth-order valence-corrected chi connectivity index (χ4v) is 3.33. The Morgan fingerprint density at radius 2 is 1.92 bits per heavy atom. The molecule has 0 aliphatic carbocycles. The number of ether oxygens (including phenoxy) is 1. The van der Waals surface area contributed by atoms with Gasteiger partial charge in [-0.25, -0.2) is 4.79 Å². The van der Waals surface area contributed by atoms with E-state index >= 15 is 0 Å². The number of likely N-dealkylation sites (N-methyl/N-ethyl adjacent to an activating group) is 1. The summed E-state index contributed by atoms with van der Waals surface area (Å²) in [6.45, 7) is 11.8. The van der Waals surface area contributed by atoms with E-state index in [0.29, 0.717) is 18.0 Å². The molecule has 0 N–H and O–H groups in total. The number of amides is 1. The predicted octanol–water partition coefficient (Wildman–Crippen LogP) is 4.32. The molecule has 0 aromatic heterocycles. The molecular weight excluding hydrogens is 300 g/mol. The molecule has 1 aromatic rings. The van der Waals surface area contributed by atoms with E-state index in [2.05, 4.69) is 50.1 Å². The maximum Gasteiger partial charge on any atom is 0.410 e. The van der Waals surface area contributed by atoms with Crippen LogP contribution in [0.5, 0.6) is 0 Å². The van der Waals surface area contributed by atoms with Gasteiger partial charge in [-0.3, -0.25) is 4.90 Å². The van der Waals surface area contributed by atoms with Crippen LogP contribution in [-0.4, -0.2) is 47.7 Å². The smallest absolute Gasteiger partial charge is 0.410 e. The lowest BCUT2D eigenvalue weighted by molar-refractivity contribution is 0.000389. The Balaban J connectivity index is 2.06. The van der Waals surface area contributed by atoms with Gasteiger partial charge in [0.25, 0.3) is 0 Å². The molecule has 0 radical (unpaired) electrons. The number of carbonyl (C=O) groups excluding carboxylic acids is 1. The van der Waals surface area contributed by atoms with Crippen LogP contribution in [0, 0.1) is 5.92 Å². The molecule has 134 valence electrons. The fraction of sp³-hybridized carbons (Fsp3) is 0.650. The van der Waals surface area contributed by atoms with Gasteiger partial charge in [-0.1, -0.05) is 37.3 Å². The van der Waals surface area contributed by atoms with Gasteiger partial charge in [0.15, 0.2) is 0 Å². The summed E-state index contributed by atoms with van der Waals surface area (Å²) in [7, 11) is 2.16. The van der Waals surface area contributed by atoms with Crippen LogP contribution in [0.1, 0.15) is 52.6 Å². The number of rotatable bonds is 3. The van der Waals surface area contributed by atoms with Crippen LogP contribution in [-0.2, 0) is 4.74 Å². The third kappa shape index (κ3) is 4.73. The standard InChI is InChI=1S/C20H32N2O2/c1-15-12-13-22(19(23)24-20(3,4)5)14-18(15)21(6)16(2)17-10-8-7-9-11-17/h7-11,15-16,18H,12-14H2,1-6H3/t15-,16-,18+/m0/s1. The molecule has 1 amide bonds. The second-order valence-corrected chi connectivity index (χ2v) is 8.01. The zero-order chi connectivity index (χ0) is 17.9. The van der Waals surface area contributed by atoms with Crippen molar-refractivity contribution >= 4 is 6.09 Å². The molecule has 1 aliphatic heterocycles. The van der Waals surface area contributed by atoms with Crippen molar-refractivity contribution in [1.82, 2.24) is 9.80 Å². The maximum absolute atomic E-state index is 12.4. The number of likely N-dealkylation sites (tertiary alicyclic amines) is 1. The van der Waals surface area contributed by atoms with Gasteiger partial charge < -0.3 is 9.64 Å². The first-order chi connectivity index (χ1) is 11.2. The average Bonchev–Trinajstić information content (AvgIpc) is 2.53. The summed E-state index contributed by atoms with van der Waals surface area (Å²) in [6.07, 6.45) is 0.815. The van der Waals surface area contributed by atoms with Gasteiger partial charge in [0.2, 0.25) is 0 Å². The van der Waals surface area contributed by atoms with Crippen molar-refractivity contribution in [3.05, 3.63) is 35.9 Å². The first-order valence-corrected chi connectivity index (χ1v) is 8.94. The van der Waals surface area contributed by atoms with Gasteiger partial charge >= 0.3 is 6.09 Å². The summed E-state index contributed by atoms with van der Waals surface area (Å²) in [5.74, 6) is 0.555. The van der Waals surface area contributed by atoms with Crippen LogP contribution in [0.3, 0.4) is 0 Å². The highest BCUT2D eigenvalue weighted by Crippen LogP contribution is 2.29. The van der Waals surface area contributed by atoms with Crippen LogP contribution in [0.2, 0.25) is 0 Å². The number of carbonyl (C=O) groups is 1. The monoisotopic (exact) mass is 332 g/mol. The first kappa shape index (κ1) is 18.8. The van der Waals surface area contributed by atoms with Gasteiger partial charge in [0.05, 0.1) is 0 Å². The van der Waals surface area contributed by atoms with Gasteiger partial charge in [-0.15, -0.1) is 0 Å². The van der Waals surface area contributed by atoms with E-state index in [9.17, 15) is 4.79 Å². The second-order valence-electron chi connectivity index (χ2n) is 8.01. The maximum atomic E-state index is 12.4. The average molecular weight is 332 g/mol. The summed E-state index contributed by atoms with van der Waals surface area (Å²) < 4.78 is 5.55. The van der Waals surface area contributed by atoms with Crippen molar-refractivity contribution in [3.63, 3.8) is 0 Å². The molecule has 1 saturated heterocycles. The molecule has 1 aromatic carbocycles. The molecule has 4 heteroatoms. The van der Waals surface area contributed by atoms with Crippen LogP contribution in [0.15, 0.2) is 30.3 Å². The van der Waals surface area contributed by atoms with Crippen LogP contribution in [0.4, 0.5) is 4.79 Å². The van der Waals surface area contributed by atoms with Gasteiger partial charge in [-0.2, -0.15) is 0 Å². The van der Waals surface area contributed by atoms with E-state index in [-0.39, 0.29) is 6.09 Å². The summed E-state index contributed by atoms with van der Waals surface area (Å²) in [5, 5.41) is 0. The van der Waals surface area contributed by atoms with Crippen LogP contribution in [0.25, 0.3) is 0 Å². The van der Waals surface area contributed by atoms with Crippen molar-refractivity contribution in [1.29, 1.82) is 0 Å². The highest BCUT2D eigenvalue weighted by Gasteiger charge is 2.35. The van der Waals surface area contributed by atoms with Crippen molar-refractivity contribution in [2.75, 3.05) is 20.1 Å². The highest BCUT2D eigenvalue weighted by molar-refractivity contribution is 5.68. The molecule has 0 unspecified atom stereocenters. The molecule has 1 aliphatic rings. The predicted molar refractivity (Wildman–Crippen MR) is 98.0 cm³/mol. The molecular formula is C20H32N2O2. The Labute approximate surface area is 146 Å². The van der Waals surface area contributed by atoms with Crippen molar-refractivity contribution in [3.8, 4) is 0 Å². The highest BCUT2D eigenvalue weighted by atomic mass is 16.6. The first-order valence-electron chi connectivity index (χ1n) is 8.94. The minimum atomic E-state index is -0.446. The molecule has 24 heavy (non-hydrogen) atoms. The number of piperidine rings is 1. The van der Waals surface area contributed by atoms with Gasteiger partial charge in [-0.05, 0) is 52.6 Å². The third-order valence-electron chi connectivity index (χ3n) is 4.99. The van der Waals surface area contributed by atoms with E-state index in [1.165, 1.54) is 5.56 Å². The second kappa shape index (κ2) is 7.56. The molecule has 1 fully saturated rings. The van der Waals surface area contributed by atoms with E-state index in [1.54, 1.807) is 0 Å². The van der Waals surface area contributed by atoms with Crippen molar-refractivity contribution in [2.45, 2.75) is 58.7 Å². The lowest BCUT2D eigenvalue weighted by atomic mass is 9.91. The molecule has 0 saturated carbocycles. The Morgan fingerprint density at radius 1 is 1.29 bits per heavy atom. The third-order valence-corrected chi connectivity index (χ3v) is 4.99. The topological polar surface area (TPSA) is 32.8 Å². The minimum Gasteiger partial charge on any atom is -0.444 e. The molecule has 2 rings (SSSR count). The lowest BCUT2D eigenvalue weighted by Crippen LogP contribution is -2.53. The van der Waals surface area contributed by atoms with E-state index in [0.717, 1.165) is 19.5 Å². The lowest BCUT2D eigenvalue weighted by Gasteiger charge is -2.44. The molecule has 0 spiro atoms. The number of benzene rings is 1. The normalized spacial score (nSPS) is 23.2. The molecule has 3 atom stereocenters. The van der Waals surface area contributed by atoms with E-state index < -0.39 is 5.60 Å². The Morgan fingerprint density at radius 3 is 2.50 bits per heavy atom. The fourth-order valence-electron chi connectivity index (χ4n) is 3.33. The van der Waals surface area contributed by atoms with Crippen molar-refractivity contribution in [2.24, 2.45) is 5.92 Å². The summed E-state index contributed by atoms with van der Waals surface area (Å²) >= 11 is 0. The van der Waals surface area contributed by atoms with Crippen LogP contribution < -0.4 is 0 Å². The number of hydrogen-bond acceptors (Lipinski definition) is 3. The quantitative estimate of drug-likeness (QED) is 0.826. The number of nitrogens with zero attached hydrogens (tertiary/aromatic N) is 2. The zero-order valence-corrected chi connectivity index (χ0v) is 16.0. The summed E-state index contributed by atoms with van der Waals surface area (Å²) in [4.78, 5) is 16.7. The SMILES string of the molecule is C[C@H]1CCN(C(=O)OC(C)(C)C)C[C@H]1N(C)[C@@H](C)c1ccccc1. The molecule has 0 bridgehead atoms. The van der Waals surface area contributed by atoms with Gasteiger partial charge in [0, 0.05) is 25.2 Å². The van der Waals surface area contributed by atoms with Crippen molar-refractivity contribution < 1.29 is 9.53 Å². The Bertz CT molecular complexity index is 538. The van der Waals surface area contributed by atoms with Crippen LogP contribution >= 0.6 is 0 Å². The van der Waals surface area contributed by atoms with E-state index in [1.807, 2.05) is 31.7 Å². The number of hydrogen-bond donors (Lipinski definition) is 0. The van der Waals surface area contributed by atoms with Gasteiger partial charge in [0.1, 0.15) is 5.60 Å². The minimum absolute atomic E-state index is 0.194. The zero-order valence-electron chi connectivity index (χ0n) is 16.0. The largest absolute Gasteiger partial charge is 0.444 e. The molecule has 1 heterocycles.